The van der Waals surface area contributed by atoms with Crippen molar-refractivity contribution in [2.75, 3.05) is 30.4 Å². The fraction of sp³-hybridized carbons (Fsp3) is 0.333. The first kappa shape index (κ1) is 14.0. The molecule has 0 bridgehead atoms. The summed E-state index contributed by atoms with van der Waals surface area (Å²) in [5, 5.41) is 0. The summed E-state index contributed by atoms with van der Waals surface area (Å²) < 4.78 is 0. The third-order valence-corrected chi connectivity index (χ3v) is 4.43. The van der Waals surface area contributed by atoms with Gasteiger partial charge in [0.1, 0.15) is 0 Å². The van der Waals surface area contributed by atoms with E-state index in [1.165, 1.54) is 28.1 Å². The fourth-order valence-corrected chi connectivity index (χ4v) is 3.17. The lowest BCUT2D eigenvalue weighted by Crippen LogP contribution is -2.27. The Kier molecular flexibility index (Phi) is 3.60. The monoisotopic (exact) mass is 281 g/mol. The van der Waals surface area contributed by atoms with Crippen molar-refractivity contribution in [1.82, 2.24) is 0 Å². The molecular weight excluding hydrogens is 258 g/mol. The first-order valence-electron chi connectivity index (χ1n) is 7.44. The molecule has 3 nitrogen and oxygen atoms in total. The normalized spacial score (nSPS) is 17.0. The van der Waals surface area contributed by atoms with Gasteiger partial charge in [0.05, 0.1) is 6.04 Å². The molecule has 2 aromatic rings. The van der Waals surface area contributed by atoms with Crippen molar-refractivity contribution >= 4 is 11.4 Å². The lowest BCUT2D eigenvalue weighted by molar-refractivity contribution is 0.679. The van der Waals surface area contributed by atoms with Crippen molar-refractivity contribution in [2.45, 2.75) is 19.5 Å². The minimum atomic E-state index is 0.283. The number of aryl methyl sites for hydroxylation is 1. The molecule has 0 saturated carbocycles. The van der Waals surface area contributed by atoms with Crippen molar-refractivity contribution in [1.29, 1.82) is 0 Å². The van der Waals surface area contributed by atoms with Gasteiger partial charge >= 0.3 is 0 Å². The van der Waals surface area contributed by atoms with Crippen LogP contribution in [0.3, 0.4) is 0 Å². The summed E-state index contributed by atoms with van der Waals surface area (Å²) in [5.74, 6) is 0. The Balaban J connectivity index is 1.95. The number of fused-ring (bicyclic) bond motifs is 1. The van der Waals surface area contributed by atoms with E-state index in [-0.39, 0.29) is 6.04 Å². The van der Waals surface area contributed by atoms with E-state index in [0.29, 0.717) is 6.54 Å². The zero-order chi connectivity index (χ0) is 15.0. The smallest absolute Gasteiger partial charge is 0.0672 e. The number of nitrogens with two attached hydrogens (primary N) is 1. The summed E-state index contributed by atoms with van der Waals surface area (Å²) >= 11 is 0. The van der Waals surface area contributed by atoms with Crippen LogP contribution in [0.15, 0.2) is 42.5 Å². The van der Waals surface area contributed by atoms with Crippen molar-refractivity contribution in [3.63, 3.8) is 0 Å². The fourth-order valence-electron chi connectivity index (χ4n) is 3.17. The lowest BCUT2D eigenvalue weighted by Gasteiger charge is -2.27. The molecular formula is C18H23N3. The molecule has 2 N–H and O–H groups in total. The van der Waals surface area contributed by atoms with Gasteiger partial charge in [-0.2, -0.15) is 0 Å². The molecule has 3 rings (SSSR count). The Morgan fingerprint density at radius 1 is 1.14 bits per heavy atom. The number of benzene rings is 2. The molecule has 0 spiro atoms. The molecule has 0 fully saturated rings. The van der Waals surface area contributed by atoms with Gasteiger partial charge in [-0.05, 0) is 47.9 Å². The third-order valence-electron chi connectivity index (χ3n) is 4.43. The Hall–Kier alpha value is -2.00. The van der Waals surface area contributed by atoms with Gasteiger partial charge in [-0.25, -0.2) is 0 Å². The molecule has 0 aliphatic carbocycles. The van der Waals surface area contributed by atoms with Crippen LogP contribution in [0.2, 0.25) is 0 Å². The lowest BCUT2D eigenvalue weighted by atomic mass is 10.0. The summed E-state index contributed by atoms with van der Waals surface area (Å²) in [6, 6.07) is 15.5. The van der Waals surface area contributed by atoms with Crippen LogP contribution in [0.5, 0.6) is 0 Å². The van der Waals surface area contributed by atoms with Gasteiger partial charge in [-0.15, -0.1) is 0 Å². The molecule has 0 aromatic heterocycles. The predicted molar refractivity (Wildman–Crippen MR) is 89.9 cm³/mol. The number of rotatable bonds is 3. The molecule has 0 saturated heterocycles. The SMILES string of the molecule is Cc1cccc2c1CN(c1ccc(N(C)C)cc1)C2CN. The number of hydrogen-bond acceptors (Lipinski definition) is 3. The highest BCUT2D eigenvalue weighted by molar-refractivity contribution is 5.60. The van der Waals surface area contributed by atoms with Crippen LogP contribution in [0.4, 0.5) is 11.4 Å². The molecule has 2 aromatic carbocycles. The van der Waals surface area contributed by atoms with Gasteiger partial charge in [0, 0.05) is 38.6 Å². The maximum atomic E-state index is 6.05. The minimum absolute atomic E-state index is 0.283. The predicted octanol–water partition coefficient (Wildman–Crippen LogP) is 3.08. The summed E-state index contributed by atoms with van der Waals surface area (Å²) in [4.78, 5) is 4.53. The van der Waals surface area contributed by atoms with Gasteiger partial charge in [-0.3, -0.25) is 0 Å². The van der Waals surface area contributed by atoms with Crippen LogP contribution in [0.1, 0.15) is 22.7 Å². The molecule has 1 atom stereocenters. The van der Waals surface area contributed by atoms with Crippen LogP contribution in [0.25, 0.3) is 0 Å². The Labute approximate surface area is 127 Å². The maximum Gasteiger partial charge on any atom is 0.0672 e. The summed E-state index contributed by atoms with van der Waals surface area (Å²) in [6.45, 7) is 3.78. The van der Waals surface area contributed by atoms with Gasteiger partial charge in [0.15, 0.2) is 0 Å². The van der Waals surface area contributed by atoms with E-state index < -0.39 is 0 Å². The van der Waals surface area contributed by atoms with Crippen molar-refractivity contribution in [2.24, 2.45) is 5.73 Å². The topological polar surface area (TPSA) is 32.5 Å². The highest BCUT2D eigenvalue weighted by Gasteiger charge is 2.30. The number of anilines is 2. The molecule has 0 radical (unpaired) electrons. The molecule has 21 heavy (non-hydrogen) atoms. The van der Waals surface area contributed by atoms with E-state index in [2.05, 4.69) is 73.3 Å². The first-order chi connectivity index (χ1) is 10.1. The standard InChI is InChI=1S/C18H23N3/c1-13-5-4-6-16-17(13)12-21(18(16)11-19)15-9-7-14(8-10-15)20(2)3/h4-10,18H,11-12,19H2,1-3H3. The van der Waals surface area contributed by atoms with Crippen molar-refractivity contribution < 1.29 is 0 Å². The van der Waals surface area contributed by atoms with Gasteiger partial charge in [0.2, 0.25) is 0 Å². The zero-order valence-corrected chi connectivity index (χ0v) is 13.0. The molecule has 1 heterocycles. The average molecular weight is 281 g/mol. The molecule has 1 aliphatic heterocycles. The summed E-state index contributed by atoms with van der Waals surface area (Å²) in [6.07, 6.45) is 0. The molecule has 110 valence electrons. The highest BCUT2D eigenvalue weighted by Crippen LogP contribution is 2.38. The van der Waals surface area contributed by atoms with Crippen LogP contribution >= 0.6 is 0 Å². The number of hydrogen-bond donors (Lipinski definition) is 1. The van der Waals surface area contributed by atoms with E-state index in [1.807, 2.05) is 0 Å². The van der Waals surface area contributed by atoms with Gasteiger partial charge in [-0.1, -0.05) is 18.2 Å². The number of nitrogens with zero attached hydrogens (tertiary/aromatic N) is 2. The molecule has 3 heteroatoms. The molecule has 0 amide bonds. The van der Waals surface area contributed by atoms with Gasteiger partial charge in [0.25, 0.3) is 0 Å². The second-order valence-corrected chi connectivity index (χ2v) is 5.93. The second-order valence-electron chi connectivity index (χ2n) is 5.93. The van der Waals surface area contributed by atoms with E-state index in [0.717, 1.165) is 6.54 Å². The Morgan fingerprint density at radius 2 is 1.86 bits per heavy atom. The minimum Gasteiger partial charge on any atom is -0.378 e. The van der Waals surface area contributed by atoms with Crippen molar-refractivity contribution in [3.05, 3.63) is 59.2 Å². The van der Waals surface area contributed by atoms with Crippen LogP contribution in [-0.2, 0) is 6.54 Å². The van der Waals surface area contributed by atoms with E-state index in [4.69, 9.17) is 5.73 Å². The summed E-state index contributed by atoms with van der Waals surface area (Å²) in [5.41, 5.74) is 12.7. The van der Waals surface area contributed by atoms with E-state index in [9.17, 15) is 0 Å². The second kappa shape index (κ2) is 5.41. The maximum absolute atomic E-state index is 6.05. The Bertz CT molecular complexity index is 631. The Morgan fingerprint density at radius 3 is 2.48 bits per heavy atom. The van der Waals surface area contributed by atoms with E-state index >= 15 is 0 Å². The molecule has 1 aliphatic rings. The summed E-state index contributed by atoms with van der Waals surface area (Å²) in [7, 11) is 4.12. The van der Waals surface area contributed by atoms with E-state index in [1.54, 1.807) is 0 Å². The third kappa shape index (κ3) is 2.38. The van der Waals surface area contributed by atoms with Crippen LogP contribution in [0, 0.1) is 6.92 Å². The zero-order valence-electron chi connectivity index (χ0n) is 13.0. The average Bonchev–Trinajstić information content (AvgIpc) is 2.87. The largest absolute Gasteiger partial charge is 0.378 e. The van der Waals surface area contributed by atoms with Crippen LogP contribution in [-0.4, -0.2) is 20.6 Å². The van der Waals surface area contributed by atoms with Gasteiger partial charge < -0.3 is 15.5 Å². The highest BCUT2D eigenvalue weighted by atomic mass is 15.2. The van der Waals surface area contributed by atoms with Crippen LogP contribution < -0.4 is 15.5 Å². The van der Waals surface area contributed by atoms with Crippen molar-refractivity contribution in [3.8, 4) is 0 Å². The quantitative estimate of drug-likeness (QED) is 0.938. The first-order valence-corrected chi connectivity index (χ1v) is 7.44. The molecule has 1 unspecified atom stereocenters.